The van der Waals surface area contributed by atoms with Crippen LogP contribution in [0.15, 0.2) is 63.8 Å². The lowest BCUT2D eigenvalue weighted by atomic mass is 9.85. The number of hydrogen-bond donors (Lipinski definition) is 4. The van der Waals surface area contributed by atoms with Crippen LogP contribution in [0.1, 0.15) is 23.5 Å². The van der Waals surface area contributed by atoms with E-state index in [0.717, 1.165) is 0 Å². The highest BCUT2D eigenvalue weighted by Crippen LogP contribution is 2.50. The lowest BCUT2D eigenvalue weighted by Gasteiger charge is -2.29. The molecular weight excluding hydrogens is 506 g/mol. The molecule has 0 unspecified atom stereocenters. The maximum Gasteiger partial charge on any atom is 0.223 e. The van der Waals surface area contributed by atoms with Crippen molar-refractivity contribution in [1.82, 2.24) is 4.90 Å². The van der Waals surface area contributed by atoms with Crippen LogP contribution >= 0.6 is 0 Å². The zero-order chi connectivity index (χ0) is 27.7. The molecule has 1 aliphatic rings. The van der Waals surface area contributed by atoms with Crippen LogP contribution in [0.4, 0.5) is 0 Å². The van der Waals surface area contributed by atoms with Crippen LogP contribution < -0.4 is 10.2 Å². The van der Waals surface area contributed by atoms with Gasteiger partial charge in [0.15, 0.2) is 28.4 Å². The number of nitrogens with zero attached hydrogens (tertiary/aromatic N) is 1. The summed E-state index contributed by atoms with van der Waals surface area (Å²) in [5.41, 5.74) is 0.0208. The van der Waals surface area contributed by atoms with E-state index in [9.17, 15) is 30.0 Å². The van der Waals surface area contributed by atoms with E-state index in [1.807, 2.05) is 0 Å². The molecule has 2 heterocycles. The number of carbonyl (C=O) groups is 1. The lowest BCUT2D eigenvalue weighted by Crippen LogP contribution is -2.41. The number of amides is 1. The minimum atomic E-state index is -1.000. The largest absolute Gasteiger partial charge is 0.504 e. The lowest BCUT2D eigenvalue weighted by molar-refractivity contribution is -0.135. The Morgan fingerprint density at radius 3 is 2.36 bits per heavy atom. The third kappa shape index (κ3) is 4.82. The number of aromatic hydroxyl groups is 4. The Labute approximate surface area is 222 Å². The molecule has 1 fully saturated rings. The normalized spacial score (nSPS) is 14.3. The number of ether oxygens (including phenoxy) is 2. The van der Waals surface area contributed by atoms with Crippen LogP contribution in [-0.2, 0) is 9.53 Å². The summed E-state index contributed by atoms with van der Waals surface area (Å²) < 4.78 is 16.6. The molecule has 5 rings (SSSR count). The topological polar surface area (TPSA) is 150 Å². The van der Waals surface area contributed by atoms with Crippen molar-refractivity contribution in [2.75, 3.05) is 33.4 Å². The SMILES string of the molecule is COc1ccc([C@@H](CC(=O)N2CCOCC2)c2c(O)c(O)c(O)c3c(=O)cc(-c4ccccc4)oc23)cc1O. The molecule has 3 aromatic carbocycles. The second-order valence-corrected chi connectivity index (χ2v) is 9.19. The van der Waals surface area contributed by atoms with E-state index < -0.39 is 28.6 Å². The molecular formula is C29H27NO9. The molecule has 0 radical (unpaired) electrons. The van der Waals surface area contributed by atoms with Crippen molar-refractivity contribution in [1.29, 1.82) is 0 Å². The molecule has 202 valence electrons. The van der Waals surface area contributed by atoms with Crippen LogP contribution in [-0.4, -0.2) is 64.6 Å². The molecule has 0 spiro atoms. The highest BCUT2D eigenvalue weighted by Gasteiger charge is 2.32. The van der Waals surface area contributed by atoms with E-state index in [0.29, 0.717) is 37.4 Å². The molecule has 0 bridgehead atoms. The van der Waals surface area contributed by atoms with Crippen molar-refractivity contribution in [2.24, 2.45) is 0 Å². The van der Waals surface area contributed by atoms with E-state index in [-0.39, 0.29) is 46.1 Å². The summed E-state index contributed by atoms with van der Waals surface area (Å²) in [6.07, 6.45) is -0.210. The van der Waals surface area contributed by atoms with E-state index >= 15 is 0 Å². The molecule has 1 atom stereocenters. The second kappa shape index (κ2) is 10.6. The summed E-state index contributed by atoms with van der Waals surface area (Å²) in [6.45, 7) is 1.51. The molecule has 10 heteroatoms. The second-order valence-electron chi connectivity index (χ2n) is 9.19. The number of morpholine rings is 1. The molecule has 39 heavy (non-hydrogen) atoms. The molecule has 1 aromatic heterocycles. The number of hydrogen-bond acceptors (Lipinski definition) is 9. The highest BCUT2D eigenvalue weighted by molar-refractivity contribution is 5.94. The Balaban J connectivity index is 1.77. The summed E-state index contributed by atoms with van der Waals surface area (Å²) in [6, 6.07) is 14.4. The van der Waals surface area contributed by atoms with Crippen LogP contribution in [0.3, 0.4) is 0 Å². The zero-order valence-electron chi connectivity index (χ0n) is 21.1. The van der Waals surface area contributed by atoms with Gasteiger partial charge in [0.2, 0.25) is 11.7 Å². The molecule has 1 amide bonds. The summed E-state index contributed by atoms with van der Waals surface area (Å²) in [4.78, 5) is 28.2. The molecule has 0 aliphatic carbocycles. The van der Waals surface area contributed by atoms with Crippen LogP contribution in [0.25, 0.3) is 22.3 Å². The zero-order valence-corrected chi connectivity index (χ0v) is 21.1. The van der Waals surface area contributed by atoms with Crippen LogP contribution in [0.5, 0.6) is 28.7 Å². The van der Waals surface area contributed by atoms with Crippen molar-refractivity contribution in [3.8, 4) is 40.1 Å². The van der Waals surface area contributed by atoms with Gasteiger partial charge in [-0.1, -0.05) is 36.4 Å². The first-order valence-electron chi connectivity index (χ1n) is 12.3. The predicted molar refractivity (Wildman–Crippen MR) is 141 cm³/mol. The third-order valence-electron chi connectivity index (χ3n) is 6.89. The number of methoxy groups -OCH3 is 1. The van der Waals surface area contributed by atoms with Crippen molar-refractivity contribution in [2.45, 2.75) is 12.3 Å². The summed E-state index contributed by atoms with van der Waals surface area (Å²) >= 11 is 0. The van der Waals surface area contributed by atoms with E-state index in [2.05, 4.69) is 0 Å². The quantitative estimate of drug-likeness (QED) is 0.272. The molecule has 1 aliphatic heterocycles. The van der Waals surface area contributed by atoms with Gasteiger partial charge in [-0.3, -0.25) is 9.59 Å². The fraction of sp³-hybridized carbons (Fsp3) is 0.241. The van der Waals surface area contributed by atoms with Crippen molar-refractivity contribution in [3.63, 3.8) is 0 Å². The smallest absolute Gasteiger partial charge is 0.223 e. The Kier molecular flexibility index (Phi) is 7.03. The number of fused-ring (bicyclic) bond motifs is 1. The van der Waals surface area contributed by atoms with Gasteiger partial charge in [-0.05, 0) is 17.7 Å². The number of carbonyl (C=O) groups excluding carboxylic acids is 1. The maximum atomic E-state index is 13.4. The summed E-state index contributed by atoms with van der Waals surface area (Å²) in [5.74, 6) is -3.64. The van der Waals surface area contributed by atoms with Gasteiger partial charge in [-0.15, -0.1) is 0 Å². The maximum absolute atomic E-state index is 13.4. The van der Waals surface area contributed by atoms with Gasteiger partial charge >= 0.3 is 0 Å². The first-order chi connectivity index (χ1) is 18.8. The summed E-state index contributed by atoms with van der Waals surface area (Å²) in [5, 5.41) is 42.6. The van der Waals surface area contributed by atoms with E-state index in [1.165, 1.54) is 25.3 Å². The monoisotopic (exact) mass is 533 g/mol. The minimum absolute atomic E-state index is 0.0821. The highest BCUT2D eigenvalue weighted by atomic mass is 16.5. The van der Waals surface area contributed by atoms with Crippen LogP contribution in [0, 0.1) is 0 Å². The molecule has 4 aromatic rings. The van der Waals surface area contributed by atoms with Gasteiger partial charge in [-0.2, -0.15) is 0 Å². The van der Waals surface area contributed by atoms with Crippen molar-refractivity contribution in [3.05, 3.63) is 75.9 Å². The Morgan fingerprint density at radius 1 is 0.974 bits per heavy atom. The van der Waals surface area contributed by atoms with E-state index in [4.69, 9.17) is 13.9 Å². The predicted octanol–water partition coefficient (Wildman–Crippen LogP) is 3.67. The van der Waals surface area contributed by atoms with Gasteiger partial charge < -0.3 is 39.2 Å². The molecule has 10 nitrogen and oxygen atoms in total. The Bertz CT molecular complexity index is 1590. The number of benzene rings is 3. The number of rotatable bonds is 6. The fourth-order valence-corrected chi connectivity index (χ4v) is 4.87. The first-order valence-corrected chi connectivity index (χ1v) is 12.3. The van der Waals surface area contributed by atoms with Crippen molar-refractivity contribution >= 4 is 16.9 Å². The van der Waals surface area contributed by atoms with Crippen molar-refractivity contribution < 1.29 is 39.1 Å². The van der Waals surface area contributed by atoms with Gasteiger partial charge in [0.05, 0.1) is 20.3 Å². The molecule has 4 N–H and O–H groups in total. The van der Waals surface area contributed by atoms with Gasteiger partial charge in [-0.25, -0.2) is 0 Å². The standard InChI is InChI=1S/C29H27NO9/c1-37-21-8-7-17(13-19(21)31)18(14-23(33)30-9-11-38-12-10-30)24-26(34)28(36)27(35)25-20(32)15-22(39-29(24)25)16-5-3-2-4-6-16/h2-8,13,15,18,31,34-36H,9-12,14H2,1H3/t18-/m1/s1. The average molecular weight is 534 g/mol. The Morgan fingerprint density at radius 2 is 1.69 bits per heavy atom. The van der Waals surface area contributed by atoms with Gasteiger partial charge in [0.1, 0.15) is 16.7 Å². The minimum Gasteiger partial charge on any atom is -0.504 e. The first kappa shape index (κ1) is 25.9. The summed E-state index contributed by atoms with van der Waals surface area (Å²) in [7, 11) is 1.39. The van der Waals surface area contributed by atoms with Gasteiger partial charge in [0.25, 0.3) is 0 Å². The number of phenolic OH excluding ortho intramolecular Hbond substituents is 4. The average Bonchev–Trinajstić information content (AvgIpc) is 2.96. The Hall–Kier alpha value is -4.70. The van der Waals surface area contributed by atoms with Gasteiger partial charge in [0, 0.05) is 42.6 Å². The molecule has 1 saturated heterocycles. The number of phenols is 4. The van der Waals surface area contributed by atoms with Crippen LogP contribution in [0.2, 0.25) is 0 Å². The third-order valence-corrected chi connectivity index (χ3v) is 6.89. The molecule has 0 saturated carbocycles. The van der Waals surface area contributed by atoms with E-state index in [1.54, 1.807) is 41.3 Å². The fourth-order valence-electron chi connectivity index (χ4n) is 4.87.